The fourth-order valence-corrected chi connectivity index (χ4v) is 3.24. The molecule has 0 aromatic carbocycles. The third-order valence-corrected chi connectivity index (χ3v) is 4.75. The second kappa shape index (κ2) is 8.60. The smallest absolute Gasteiger partial charge is 0.225 e. The number of hydrogen-bond donors (Lipinski definition) is 1. The molecule has 1 aromatic heterocycles. The molecular formula is C18H25N5O2. The number of hydrogen-bond acceptors (Lipinski definition) is 5. The van der Waals surface area contributed by atoms with Gasteiger partial charge >= 0.3 is 0 Å². The molecule has 0 spiro atoms. The Morgan fingerprint density at radius 2 is 1.88 bits per heavy atom. The fourth-order valence-electron chi connectivity index (χ4n) is 3.24. The Morgan fingerprint density at radius 3 is 2.56 bits per heavy atom. The van der Waals surface area contributed by atoms with E-state index >= 15 is 0 Å². The molecule has 1 fully saturated rings. The lowest BCUT2D eigenvalue weighted by Gasteiger charge is -2.34. The van der Waals surface area contributed by atoms with Crippen molar-refractivity contribution in [2.45, 2.75) is 25.7 Å². The number of allylic oxidation sites excluding steroid dienone is 2. The molecule has 0 saturated carbocycles. The lowest BCUT2D eigenvalue weighted by molar-refractivity contribution is -0.131. The number of carbonyl (C=O) groups excluding carboxylic acids is 2. The van der Waals surface area contributed by atoms with E-state index in [1.807, 2.05) is 4.90 Å². The number of piperazine rings is 1. The highest BCUT2D eigenvalue weighted by molar-refractivity contribution is 5.80. The summed E-state index contributed by atoms with van der Waals surface area (Å²) >= 11 is 0. The molecule has 25 heavy (non-hydrogen) atoms. The Morgan fingerprint density at radius 1 is 1.12 bits per heavy atom. The number of nitrogens with zero attached hydrogens (tertiary/aromatic N) is 4. The summed E-state index contributed by atoms with van der Waals surface area (Å²) in [7, 11) is 0. The van der Waals surface area contributed by atoms with Crippen molar-refractivity contribution < 1.29 is 9.59 Å². The summed E-state index contributed by atoms with van der Waals surface area (Å²) in [6.07, 6.45) is 10.7. The van der Waals surface area contributed by atoms with Crippen LogP contribution >= 0.6 is 0 Å². The van der Waals surface area contributed by atoms with E-state index in [9.17, 15) is 9.59 Å². The molecule has 1 N–H and O–H groups in total. The third-order valence-electron chi connectivity index (χ3n) is 4.75. The van der Waals surface area contributed by atoms with Crippen LogP contribution in [0.1, 0.15) is 25.7 Å². The highest BCUT2D eigenvalue weighted by Crippen LogP contribution is 2.18. The Balaban J connectivity index is 1.36. The van der Waals surface area contributed by atoms with Crippen molar-refractivity contribution in [3.05, 3.63) is 30.6 Å². The van der Waals surface area contributed by atoms with Gasteiger partial charge in [0, 0.05) is 57.5 Å². The van der Waals surface area contributed by atoms with E-state index in [4.69, 9.17) is 0 Å². The first-order valence-electron chi connectivity index (χ1n) is 8.96. The summed E-state index contributed by atoms with van der Waals surface area (Å²) in [5.41, 5.74) is 0. The van der Waals surface area contributed by atoms with Gasteiger partial charge in [0.05, 0.1) is 0 Å². The van der Waals surface area contributed by atoms with Crippen molar-refractivity contribution in [3.8, 4) is 0 Å². The third kappa shape index (κ3) is 4.78. The quantitative estimate of drug-likeness (QED) is 0.807. The van der Waals surface area contributed by atoms with E-state index in [0.29, 0.717) is 32.0 Å². The van der Waals surface area contributed by atoms with Crippen molar-refractivity contribution >= 4 is 17.8 Å². The normalized spacial score (nSPS) is 20.4. The predicted molar refractivity (Wildman–Crippen MR) is 94.9 cm³/mol. The Bertz CT molecular complexity index is 611. The van der Waals surface area contributed by atoms with Gasteiger partial charge in [-0.15, -0.1) is 0 Å². The molecule has 7 heteroatoms. The second-order valence-corrected chi connectivity index (χ2v) is 6.44. The average molecular weight is 343 g/mol. The van der Waals surface area contributed by atoms with Gasteiger partial charge in [-0.2, -0.15) is 0 Å². The van der Waals surface area contributed by atoms with Crippen molar-refractivity contribution in [1.82, 2.24) is 20.2 Å². The van der Waals surface area contributed by atoms with Crippen LogP contribution in [0.5, 0.6) is 0 Å². The maximum atomic E-state index is 12.3. The van der Waals surface area contributed by atoms with Gasteiger partial charge < -0.3 is 15.1 Å². The summed E-state index contributed by atoms with van der Waals surface area (Å²) < 4.78 is 0. The molecule has 1 aromatic rings. The highest BCUT2D eigenvalue weighted by atomic mass is 16.2. The highest BCUT2D eigenvalue weighted by Gasteiger charge is 2.23. The molecule has 1 aliphatic heterocycles. The van der Waals surface area contributed by atoms with Crippen LogP contribution in [0, 0.1) is 5.92 Å². The molecule has 2 amide bonds. The Hall–Kier alpha value is -2.44. The minimum absolute atomic E-state index is 0.0644. The summed E-state index contributed by atoms with van der Waals surface area (Å²) in [5.74, 6) is 0.943. The van der Waals surface area contributed by atoms with Gasteiger partial charge in [0.1, 0.15) is 0 Å². The van der Waals surface area contributed by atoms with Gasteiger partial charge in [0.15, 0.2) is 0 Å². The number of amides is 2. The van der Waals surface area contributed by atoms with E-state index in [0.717, 1.165) is 32.4 Å². The first-order chi connectivity index (χ1) is 12.2. The molecule has 2 heterocycles. The summed E-state index contributed by atoms with van der Waals surface area (Å²) in [4.78, 5) is 36.8. The van der Waals surface area contributed by atoms with Crippen LogP contribution in [0.4, 0.5) is 5.95 Å². The number of aromatic nitrogens is 2. The molecule has 0 radical (unpaired) electrons. The van der Waals surface area contributed by atoms with Crippen molar-refractivity contribution in [3.63, 3.8) is 0 Å². The van der Waals surface area contributed by atoms with Crippen LogP contribution in [0.25, 0.3) is 0 Å². The Kier molecular flexibility index (Phi) is 5.98. The molecule has 0 unspecified atom stereocenters. The van der Waals surface area contributed by atoms with E-state index in [2.05, 4.69) is 32.3 Å². The number of nitrogens with one attached hydrogen (secondary N) is 1. The van der Waals surface area contributed by atoms with Crippen molar-refractivity contribution in [1.29, 1.82) is 0 Å². The lowest BCUT2D eigenvalue weighted by atomic mass is 9.94. The molecule has 7 nitrogen and oxygen atoms in total. The molecule has 1 aliphatic carbocycles. The van der Waals surface area contributed by atoms with Crippen LogP contribution in [0.2, 0.25) is 0 Å². The molecule has 134 valence electrons. The average Bonchev–Trinajstić information content (AvgIpc) is 2.69. The number of anilines is 1. The minimum Gasteiger partial charge on any atom is -0.355 e. The molecule has 2 aliphatic rings. The van der Waals surface area contributed by atoms with Gasteiger partial charge in [0.25, 0.3) is 0 Å². The summed E-state index contributed by atoms with van der Waals surface area (Å²) in [5, 5.41) is 2.91. The van der Waals surface area contributed by atoms with E-state index in [1.165, 1.54) is 0 Å². The second-order valence-electron chi connectivity index (χ2n) is 6.44. The number of carbonyl (C=O) groups is 2. The summed E-state index contributed by atoms with van der Waals surface area (Å²) in [6, 6.07) is 1.79. The standard InChI is InChI=1S/C18H25N5O2/c24-16(7-10-19-17(25)15-5-2-1-3-6-15)22-11-13-23(14-12-22)18-20-8-4-9-21-18/h1-2,4,8-9,15H,3,5-7,10-14H2,(H,19,25)/t15-/m0/s1. The zero-order valence-electron chi connectivity index (χ0n) is 14.4. The fraction of sp³-hybridized carbons (Fsp3) is 0.556. The van der Waals surface area contributed by atoms with Crippen LogP contribution in [-0.4, -0.2) is 59.4 Å². The first-order valence-corrected chi connectivity index (χ1v) is 8.96. The maximum Gasteiger partial charge on any atom is 0.225 e. The largest absolute Gasteiger partial charge is 0.355 e. The van der Waals surface area contributed by atoms with Gasteiger partial charge in [-0.1, -0.05) is 12.2 Å². The van der Waals surface area contributed by atoms with Crippen LogP contribution in [0.3, 0.4) is 0 Å². The van der Waals surface area contributed by atoms with Crippen LogP contribution in [-0.2, 0) is 9.59 Å². The predicted octanol–water partition coefficient (Wildman–Crippen LogP) is 0.988. The first kappa shape index (κ1) is 17.4. The zero-order valence-corrected chi connectivity index (χ0v) is 14.4. The van der Waals surface area contributed by atoms with Gasteiger partial charge in [-0.05, 0) is 25.3 Å². The van der Waals surface area contributed by atoms with Crippen molar-refractivity contribution in [2.24, 2.45) is 5.92 Å². The Labute approximate surface area is 148 Å². The topological polar surface area (TPSA) is 78.4 Å². The van der Waals surface area contributed by atoms with Crippen molar-refractivity contribution in [2.75, 3.05) is 37.6 Å². The van der Waals surface area contributed by atoms with Crippen LogP contribution < -0.4 is 10.2 Å². The minimum atomic E-state index is 0.0644. The molecular weight excluding hydrogens is 318 g/mol. The van der Waals surface area contributed by atoms with Gasteiger partial charge in [0.2, 0.25) is 17.8 Å². The monoisotopic (exact) mass is 343 g/mol. The van der Waals surface area contributed by atoms with Crippen LogP contribution in [0.15, 0.2) is 30.6 Å². The molecule has 1 atom stereocenters. The summed E-state index contributed by atoms with van der Waals surface area (Å²) in [6.45, 7) is 3.21. The lowest BCUT2D eigenvalue weighted by Crippen LogP contribution is -2.49. The van der Waals surface area contributed by atoms with Gasteiger partial charge in [-0.25, -0.2) is 9.97 Å². The zero-order chi connectivity index (χ0) is 17.5. The molecule has 1 saturated heterocycles. The SMILES string of the molecule is O=C(NCCC(=O)N1CCN(c2ncccn2)CC1)[C@H]1CC=CCC1. The van der Waals surface area contributed by atoms with E-state index < -0.39 is 0 Å². The maximum absolute atomic E-state index is 12.3. The van der Waals surface area contributed by atoms with E-state index in [1.54, 1.807) is 18.5 Å². The molecule has 3 rings (SSSR count). The number of rotatable bonds is 5. The van der Waals surface area contributed by atoms with Gasteiger partial charge in [-0.3, -0.25) is 9.59 Å². The molecule has 0 bridgehead atoms. The van der Waals surface area contributed by atoms with E-state index in [-0.39, 0.29) is 17.7 Å².